The van der Waals surface area contributed by atoms with Crippen molar-refractivity contribution in [2.75, 3.05) is 13.7 Å². The molecular formula is C20H17N3O5. The summed E-state index contributed by atoms with van der Waals surface area (Å²) < 4.78 is 12.5. The van der Waals surface area contributed by atoms with Gasteiger partial charge in [0.05, 0.1) is 30.6 Å². The molecule has 0 aliphatic heterocycles. The number of methoxy groups -OCH3 is 1. The van der Waals surface area contributed by atoms with E-state index < -0.39 is 4.92 Å². The van der Waals surface area contributed by atoms with Crippen molar-refractivity contribution in [1.82, 2.24) is 4.57 Å². The largest absolute Gasteiger partial charge is 0.493 e. The molecule has 8 nitrogen and oxygen atoms in total. The van der Waals surface area contributed by atoms with Gasteiger partial charge in [-0.15, -0.1) is 0 Å². The normalized spacial score (nSPS) is 10.4. The number of nitriles is 1. The van der Waals surface area contributed by atoms with Gasteiger partial charge < -0.3 is 14.0 Å². The predicted octanol–water partition coefficient (Wildman–Crippen LogP) is 3.73. The molecule has 0 atom stereocenters. The van der Waals surface area contributed by atoms with Crippen molar-refractivity contribution in [2.24, 2.45) is 0 Å². The Hall–Kier alpha value is -3.86. The summed E-state index contributed by atoms with van der Waals surface area (Å²) in [6.45, 7) is 0.174. The highest BCUT2D eigenvalue weighted by atomic mass is 16.6. The first-order valence-electron chi connectivity index (χ1n) is 8.48. The average Bonchev–Trinajstić information content (AvgIpc) is 3.09. The van der Waals surface area contributed by atoms with E-state index in [1.807, 2.05) is 28.8 Å². The molecule has 0 amide bonds. The minimum atomic E-state index is -0.545. The van der Waals surface area contributed by atoms with E-state index in [1.54, 1.807) is 6.20 Å². The molecule has 2 aromatic carbocycles. The van der Waals surface area contributed by atoms with E-state index in [0.29, 0.717) is 24.3 Å². The van der Waals surface area contributed by atoms with Crippen LogP contribution in [0.15, 0.2) is 48.7 Å². The second kappa shape index (κ2) is 8.22. The minimum Gasteiger partial charge on any atom is -0.493 e. The summed E-state index contributed by atoms with van der Waals surface area (Å²) in [6, 6.07) is 13.5. The lowest BCUT2D eigenvalue weighted by Crippen LogP contribution is -2.12. The Kier molecular flexibility index (Phi) is 5.56. The number of aryl methyl sites for hydroxylation is 1. The van der Waals surface area contributed by atoms with Crippen LogP contribution in [0.2, 0.25) is 0 Å². The second-order valence-corrected chi connectivity index (χ2v) is 5.97. The van der Waals surface area contributed by atoms with Crippen LogP contribution in [0.4, 0.5) is 5.69 Å². The highest BCUT2D eigenvalue weighted by Gasteiger charge is 2.18. The third-order valence-corrected chi connectivity index (χ3v) is 4.27. The fraction of sp³-hybridized carbons (Fsp3) is 0.200. The van der Waals surface area contributed by atoms with Crippen LogP contribution in [0.25, 0.3) is 10.9 Å². The second-order valence-electron chi connectivity index (χ2n) is 5.97. The van der Waals surface area contributed by atoms with Crippen LogP contribution in [0.1, 0.15) is 16.8 Å². The third kappa shape index (κ3) is 3.78. The Balaban J connectivity index is 1.85. The van der Waals surface area contributed by atoms with Gasteiger partial charge in [-0.05, 0) is 12.1 Å². The monoisotopic (exact) mass is 379 g/mol. The summed E-state index contributed by atoms with van der Waals surface area (Å²) >= 11 is 0. The molecule has 0 fully saturated rings. The van der Waals surface area contributed by atoms with E-state index in [4.69, 9.17) is 14.7 Å². The van der Waals surface area contributed by atoms with Crippen molar-refractivity contribution in [1.29, 1.82) is 5.26 Å². The number of rotatable bonds is 8. The average molecular weight is 379 g/mol. The summed E-state index contributed by atoms with van der Waals surface area (Å²) in [6.07, 6.45) is 2.03. The van der Waals surface area contributed by atoms with Crippen LogP contribution in [-0.2, 0) is 6.54 Å². The fourth-order valence-electron chi connectivity index (χ4n) is 2.94. The first-order chi connectivity index (χ1) is 13.5. The number of ether oxygens (including phenoxy) is 2. The van der Waals surface area contributed by atoms with Gasteiger partial charge in [0.25, 0.3) is 5.69 Å². The molecule has 1 aromatic heterocycles. The molecule has 0 unspecified atom stereocenters. The van der Waals surface area contributed by atoms with Crippen LogP contribution >= 0.6 is 0 Å². The Morgan fingerprint density at radius 3 is 2.75 bits per heavy atom. The number of benzene rings is 2. The van der Waals surface area contributed by atoms with E-state index in [-0.39, 0.29) is 23.8 Å². The van der Waals surface area contributed by atoms with E-state index in [0.717, 1.165) is 10.9 Å². The van der Waals surface area contributed by atoms with Gasteiger partial charge in [0.2, 0.25) is 5.78 Å². The molecule has 8 heteroatoms. The Morgan fingerprint density at radius 1 is 1.25 bits per heavy atom. The molecule has 3 rings (SSSR count). The number of carbonyl (C=O) groups is 1. The molecule has 1 heterocycles. The van der Waals surface area contributed by atoms with Crippen molar-refractivity contribution in [3.63, 3.8) is 0 Å². The van der Waals surface area contributed by atoms with Gasteiger partial charge in [-0.2, -0.15) is 5.26 Å². The maximum atomic E-state index is 12.8. The van der Waals surface area contributed by atoms with Gasteiger partial charge in [-0.25, -0.2) is 0 Å². The molecule has 0 spiro atoms. The summed E-state index contributed by atoms with van der Waals surface area (Å²) in [5.74, 6) is 0.147. The summed E-state index contributed by atoms with van der Waals surface area (Å²) in [5, 5.41) is 20.6. The number of nitro groups is 1. The van der Waals surface area contributed by atoms with Gasteiger partial charge in [-0.1, -0.05) is 18.2 Å². The Bertz CT molecular complexity index is 1080. The van der Waals surface area contributed by atoms with Gasteiger partial charge in [-0.3, -0.25) is 14.9 Å². The molecule has 28 heavy (non-hydrogen) atoms. The van der Waals surface area contributed by atoms with Crippen LogP contribution in [0.5, 0.6) is 11.5 Å². The number of hydrogen-bond donors (Lipinski definition) is 0. The third-order valence-electron chi connectivity index (χ3n) is 4.27. The van der Waals surface area contributed by atoms with Gasteiger partial charge in [0, 0.05) is 35.3 Å². The van der Waals surface area contributed by atoms with Gasteiger partial charge in [0.15, 0.2) is 18.1 Å². The van der Waals surface area contributed by atoms with E-state index in [1.165, 1.54) is 25.3 Å². The number of nitrogens with zero attached hydrogens (tertiary/aromatic N) is 3. The molecule has 0 aliphatic carbocycles. The van der Waals surface area contributed by atoms with Crippen molar-refractivity contribution >= 4 is 22.4 Å². The molecule has 0 N–H and O–H groups in total. The van der Waals surface area contributed by atoms with Crippen molar-refractivity contribution < 1.29 is 19.2 Å². The quantitative estimate of drug-likeness (QED) is 0.335. The molecule has 142 valence electrons. The van der Waals surface area contributed by atoms with E-state index >= 15 is 0 Å². The number of carbonyl (C=O) groups excluding carboxylic acids is 1. The summed E-state index contributed by atoms with van der Waals surface area (Å²) in [5.41, 5.74) is 1.17. The number of non-ortho nitro benzene ring substituents is 1. The zero-order valence-corrected chi connectivity index (χ0v) is 15.1. The lowest BCUT2D eigenvalue weighted by molar-refractivity contribution is -0.385. The van der Waals surface area contributed by atoms with Gasteiger partial charge in [0.1, 0.15) is 0 Å². The number of ketones is 1. The lowest BCUT2D eigenvalue weighted by atomic mass is 10.1. The molecule has 0 saturated heterocycles. The Labute approximate surface area is 160 Å². The Morgan fingerprint density at radius 2 is 2.04 bits per heavy atom. The number of fused-ring (bicyclic) bond motifs is 1. The predicted molar refractivity (Wildman–Crippen MR) is 102 cm³/mol. The zero-order valence-electron chi connectivity index (χ0n) is 15.1. The van der Waals surface area contributed by atoms with Crippen molar-refractivity contribution in [2.45, 2.75) is 13.0 Å². The lowest BCUT2D eigenvalue weighted by Gasteiger charge is -2.09. The zero-order chi connectivity index (χ0) is 20.1. The number of Topliss-reactive ketones (excluding diaryl/α,β-unsaturated/α-hetero) is 1. The highest BCUT2D eigenvalue weighted by Crippen LogP contribution is 2.31. The van der Waals surface area contributed by atoms with E-state index in [2.05, 4.69) is 6.07 Å². The van der Waals surface area contributed by atoms with Crippen LogP contribution in [-0.4, -0.2) is 29.0 Å². The number of hydrogen-bond acceptors (Lipinski definition) is 6. The van der Waals surface area contributed by atoms with Crippen LogP contribution < -0.4 is 9.47 Å². The highest BCUT2D eigenvalue weighted by molar-refractivity contribution is 6.08. The summed E-state index contributed by atoms with van der Waals surface area (Å²) in [7, 11) is 1.42. The van der Waals surface area contributed by atoms with Crippen molar-refractivity contribution in [3.05, 3.63) is 64.3 Å². The first-order valence-corrected chi connectivity index (χ1v) is 8.48. The summed E-state index contributed by atoms with van der Waals surface area (Å²) in [4.78, 5) is 23.2. The molecule has 0 radical (unpaired) electrons. The minimum absolute atomic E-state index is 0.123. The van der Waals surface area contributed by atoms with Crippen molar-refractivity contribution in [3.8, 4) is 17.6 Å². The van der Waals surface area contributed by atoms with Crippen LogP contribution in [0, 0.1) is 21.4 Å². The molecule has 0 bridgehead atoms. The maximum absolute atomic E-state index is 12.8. The SMILES string of the molecule is COc1ccc([N+](=O)[O-])cc1OCC(=O)c1cn(CCC#N)c2ccccc12. The standard InChI is InChI=1S/C20H17N3O5/c1-27-19-8-7-14(23(25)26)11-20(19)28-13-18(24)16-12-22(10-4-9-21)17-6-3-2-5-15(16)17/h2-3,5-8,11-12H,4,10,13H2,1H3. The number of aromatic nitrogens is 1. The molecule has 0 saturated carbocycles. The molecular weight excluding hydrogens is 362 g/mol. The smallest absolute Gasteiger partial charge is 0.273 e. The fourth-order valence-corrected chi connectivity index (χ4v) is 2.94. The molecule has 0 aliphatic rings. The first kappa shape index (κ1) is 18.9. The maximum Gasteiger partial charge on any atom is 0.273 e. The van der Waals surface area contributed by atoms with Crippen LogP contribution in [0.3, 0.4) is 0 Å². The number of para-hydroxylation sites is 1. The topological polar surface area (TPSA) is 107 Å². The number of nitro benzene ring substituents is 1. The molecule has 3 aromatic rings. The van der Waals surface area contributed by atoms with E-state index in [9.17, 15) is 14.9 Å². The van der Waals surface area contributed by atoms with Gasteiger partial charge >= 0.3 is 0 Å².